The molecule has 1 aliphatic heterocycles. The third-order valence-corrected chi connectivity index (χ3v) is 8.50. The number of hydrogen-bond acceptors (Lipinski definition) is 6. The highest BCUT2D eigenvalue weighted by molar-refractivity contribution is 7.92. The SMILES string of the molecule is CCS(=O)(=O)N(CC(=O)N(Cc1ccc(F)cc1)C(Cc1ccccc1)C(=O)NC(C)C)c1ccc2c(c1)OCCO2. The van der Waals surface area contributed by atoms with Crippen molar-refractivity contribution in [1.82, 2.24) is 10.2 Å². The van der Waals surface area contributed by atoms with Gasteiger partial charge in [-0.2, -0.15) is 0 Å². The lowest BCUT2D eigenvalue weighted by Crippen LogP contribution is -2.54. The number of carbonyl (C=O) groups excluding carboxylic acids is 2. The Labute approximate surface area is 246 Å². The fourth-order valence-corrected chi connectivity index (χ4v) is 5.68. The number of hydrogen-bond donors (Lipinski definition) is 1. The maximum Gasteiger partial charge on any atom is 0.244 e. The highest BCUT2D eigenvalue weighted by Gasteiger charge is 2.34. The summed E-state index contributed by atoms with van der Waals surface area (Å²) >= 11 is 0. The predicted octanol–water partition coefficient (Wildman–Crippen LogP) is 3.92. The lowest BCUT2D eigenvalue weighted by atomic mass is 10.0. The second kappa shape index (κ2) is 13.7. The Bertz CT molecular complexity index is 1480. The summed E-state index contributed by atoms with van der Waals surface area (Å²) in [6.07, 6.45) is 0.191. The molecule has 42 heavy (non-hydrogen) atoms. The van der Waals surface area contributed by atoms with E-state index in [1.165, 1.54) is 42.2 Å². The van der Waals surface area contributed by atoms with Gasteiger partial charge in [-0.15, -0.1) is 0 Å². The molecule has 9 nitrogen and oxygen atoms in total. The van der Waals surface area contributed by atoms with Gasteiger partial charge in [0.2, 0.25) is 21.8 Å². The first-order valence-corrected chi connectivity index (χ1v) is 15.5. The van der Waals surface area contributed by atoms with E-state index in [9.17, 15) is 22.4 Å². The van der Waals surface area contributed by atoms with E-state index in [0.29, 0.717) is 30.3 Å². The fourth-order valence-electron chi connectivity index (χ4n) is 4.63. The molecule has 1 heterocycles. The summed E-state index contributed by atoms with van der Waals surface area (Å²) in [4.78, 5) is 29.1. The van der Waals surface area contributed by atoms with E-state index in [-0.39, 0.29) is 36.4 Å². The van der Waals surface area contributed by atoms with E-state index in [4.69, 9.17) is 9.47 Å². The van der Waals surface area contributed by atoms with E-state index in [1.54, 1.807) is 12.1 Å². The highest BCUT2D eigenvalue weighted by atomic mass is 32.2. The van der Waals surface area contributed by atoms with Crippen LogP contribution in [0.5, 0.6) is 11.5 Å². The normalized spacial score (nSPS) is 13.4. The molecule has 0 saturated heterocycles. The molecule has 11 heteroatoms. The minimum Gasteiger partial charge on any atom is -0.486 e. The largest absolute Gasteiger partial charge is 0.486 e. The molecule has 0 aromatic heterocycles. The molecule has 1 atom stereocenters. The number of nitrogens with zero attached hydrogens (tertiary/aromatic N) is 2. The van der Waals surface area contributed by atoms with Crippen molar-refractivity contribution in [3.05, 3.63) is 89.7 Å². The Balaban J connectivity index is 1.74. The quantitative estimate of drug-likeness (QED) is 0.340. The number of amides is 2. The van der Waals surface area contributed by atoms with Gasteiger partial charge in [0.05, 0.1) is 11.4 Å². The number of benzene rings is 3. The Morgan fingerprint density at radius 3 is 2.24 bits per heavy atom. The van der Waals surface area contributed by atoms with Crippen LogP contribution in [0.3, 0.4) is 0 Å². The lowest BCUT2D eigenvalue weighted by molar-refractivity contribution is -0.140. The average molecular weight is 598 g/mol. The summed E-state index contributed by atoms with van der Waals surface area (Å²) in [6, 6.07) is 18.4. The molecule has 0 saturated carbocycles. The van der Waals surface area contributed by atoms with E-state index < -0.39 is 34.3 Å². The topological polar surface area (TPSA) is 105 Å². The number of ether oxygens (including phenoxy) is 2. The number of fused-ring (bicyclic) bond motifs is 1. The molecule has 0 radical (unpaired) electrons. The minimum atomic E-state index is -3.93. The highest BCUT2D eigenvalue weighted by Crippen LogP contribution is 2.35. The molecule has 0 spiro atoms. The van der Waals surface area contributed by atoms with Gasteiger partial charge in [0, 0.05) is 25.1 Å². The minimum absolute atomic E-state index is 0.0384. The number of sulfonamides is 1. The summed E-state index contributed by atoms with van der Waals surface area (Å²) in [5.74, 6) is -0.803. The van der Waals surface area contributed by atoms with E-state index in [0.717, 1.165) is 9.87 Å². The third-order valence-electron chi connectivity index (χ3n) is 6.76. The van der Waals surface area contributed by atoms with Crippen molar-refractivity contribution in [1.29, 1.82) is 0 Å². The summed E-state index contributed by atoms with van der Waals surface area (Å²) in [5, 5.41) is 2.90. The van der Waals surface area contributed by atoms with Crippen LogP contribution >= 0.6 is 0 Å². The Kier molecular flexibility index (Phi) is 10.1. The van der Waals surface area contributed by atoms with Crippen molar-refractivity contribution in [2.75, 3.05) is 29.8 Å². The van der Waals surface area contributed by atoms with E-state index in [1.807, 2.05) is 44.2 Å². The molecule has 1 aliphatic rings. The van der Waals surface area contributed by atoms with Crippen molar-refractivity contribution >= 4 is 27.5 Å². The molecule has 1 unspecified atom stereocenters. The average Bonchev–Trinajstić information content (AvgIpc) is 2.98. The fraction of sp³-hybridized carbons (Fsp3) is 0.355. The molecule has 1 N–H and O–H groups in total. The summed E-state index contributed by atoms with van der Waals surface area (Å²) in [6.45, 7) is 5.23. The Morgan fingerprint density at radius 2 is 1.60 bits per heavy atom. The first-order valence-electron chi connectivity index (χ1n) is 13.9. The van der Waals surface area contributed by atoms with Crippen LogP contribution in [0.25, 0.3) is 0 Å². The maximum absolute atomic E-state index is 14.2. The molecule has 0 bridgehead atoms. The van der Waals surface area contributed by atoms with Crippen LogP contribution < -0.4 is 19.1 Å². The molecule has 0 fully saturated rings. The number of carbonyl (C=O) groups is 2. The third kappa shape index (κ3) is 7.79. The van der Waals surface area contributed by atoms with Crippen LogP contribution in [0.2, 0.25) is 0 Å². The van der Waals surface area contributed by atoms with E-state index in [2.05, 4.69) is 5.32 Å². The van der Waals surface area contributed by atoms with Gasteiger partial charge < -0.3 is 19.7 Å². The summed E-state index contributed by atoms with van der Waals surface area (Å²) in [7, 11) is -3.93. The summed E-state index contributed by atoms with van der Waals surface area (Å²) in [5.41, 5.74) is 1.65. The zero-order valence-corrected chi connectivity index (χ0v) is 24.8. The molecule has 2 amide bonds. The van der Waals surface area contributed by atoms with Crippen LogP contribution in [0.1, 0.15) is 31.9 Å². The van der Waals surface area contributed by atoms with Gasteiger partial charge in [-0.1, -0.05) is 42.5 Å². The van der Waals surface area contributed by atoms with Gasteiger partial charge in [0.25, 0.3) is 0 Å². The van der Waals surface area contributed by atoms with Gasteiger partial charge in [-0.25, -0.2) is 12.8 Å². The molecule has 4 rings (SSSR count). The first kappa shape index (κ1) is 30.8. The Hall–Kier alpha value is -4.12. The number of halogens is 1. The Morgan fingerprint density at radius 1 is 0.929 bits per heavy atom. The standard InChI is InChI=1S/C31H36FN3O6S/c1-4-42(38,39)35(26-14-15-28-29(19-26)41-17-16-40-28)21-30(36)34(20-24-10-12-25(32)13-11-24)27(31(37)33-22(2)3)18-23-8-6-5-7-9-23/h5-15,19,22,27H,4,16-18,20-21H2,1-3H3,(H,33,37). The second-order valence-electron chi connectivity index (χ2n) is 10.3. The number of nitrogens with one attached hydrogen (secondary N) is 1. The van der Waals surface area contributed by atoms with Gasteiger partial charge in [-0.05, 0) is 56.2 Å². The van der Waals surface area contributed by atoms with Crippen LogP contribution in [-0.2, 0) is 32.6 Å². The second-order valence-corrected chi connectivity index (χ2v) is 12.4. The molecule has 3 aromatic carbocycles. The van der Waals surface area contributed by atoms with Gasteiger partial charge in [0.1, 0.15) is 31.6 Å². The van der Waals surface area contributed by atoms with Crippen LogP contribution in [0.15, 0.2) is 72.8 Å². The molecule has 224 valence electrons. The van der Waals surface area contributed by atoms with Crippen molar-refractivity contribution in [2.45, 2.75) is 45.8 Å². The first-order chi connectivity index (χ1) is 20.1. The number of rotatable bonds is 12. The smallest absolute Gasteiger partial charge is 0.244 e. The number of anilines is 1. The summed E-state index contributed by atoms with van der Waals surface area (Å²) < 4.78 is 52.6. The van der Waals surface area contributed by atoms with Crippen molar-refractivity contribution in [3.63, 3.8) is 0 Å². The van der Waals surface area contributed by atoms with Gasteiger partial charge in [-0.3, -0.25) is 13.9 Å². The molecular formula is C31H36FN3O6S. The van der Waals surface area contributed by atoms with Crippen LogP contribution in [0.4, 0.5) is 10.1 Å². The molecule has 3 aromatic rings. The van der Waals surface area contributed by atoms with E-state index >= 15 is 0 Å². The van der Waals surface area contributed by atoms with Crippen LogP contribution in [0, 0.1) is 5.82 Å². The maximum atomic E-state index is 14.2. The van der Waals surface area contributed by atoms with Crippen LogP contribution in [-0.4, -0.2) is 62.7 Å². The van der Waals surface area contributed by atoms with Gasteiger partial charge in [0.15, 0.2) is 11.5 Å². The monoisotopic (exact) mass is 597 g/mol. The van der Waals surface area contributed by atoms with Crippen molar-refractivity contribution in [3.8, 4) is 11.5 Å². The predicted molar refractivity (Wildman–Crippen MR) is 158 cm³/mol. The van der Waals surface area contributed by atoms with Crippen molar-refractivity contribution in [2.24, 2.45) is 0 Å². The van der Waals surface area contributed by atoms with Gasteiger partial charge >= 0.3 is 0 Å². The molecule has 0 aliphatic carbocycles. The zero-order valence-electron chi connectivity index (χ0n) is 24.0. The van der Waals surface area contributed by atoms with Crippen molar-refractivity contribution < 1.29 is 31.9 Å². The zero-order chi connectivity index (χ0) is 30.3. The lowest BCUT2D eigenvalue weighted by Gasteiger charge is -2.34. The molecular weight excluding hydrogens is 561 g/mol.